The van der Waals surface area contributed by atoms with Gasteiger partial charge in [0.2, 0.25) is 0 Å². The number of aromatic nitrogens is 1. The van der Waals surface area contributed by atoms with Gasteiger partial charge in [0.25, 0.3) is 0 Å². The molecule has 0 saturated carbocycles. The zero-order valence-electron chi connectivity index (χ0n) is 13.5. The van der Waals surface area contributed by atoms with Gasteiger partial charge in [0, 0.05) is 24.0 Å². The molecule has 0 atom stereocenters. The Kier molecular flexibility index (Phi) is 7.05. The lowest BCUT2D eigenvalue weighted by Gasteiger charge is -2.13. The number of esters is 1. The Balaban J connectivity index is 2.16. The van der Waals surface area contributed by atoms with Crippen LogP contribution in [0.5, 0.6) is 11.5 Å². The summed E-state index contributed by atoms with van der Waals surface area (Å²) in [6, 6.07) is 7.54. The molecule has 0 saturated heterocycles. The second-order valence-corrected chi connectivity index (χ2v) is 5.93. The van der Waals surface area contributed by atoms with Crippen LogP contribution in [0.1, 0.15) is 18.1 Å². The summed E-state index contributed by atoms with van der Waals surface area (Å²) >= 11 is 2.18. The van der Waals surface area contributed by atoms with Crippen LogP contribution >= 0.6 is 22.6 Å². The molecule has 2 rings (SSSR count). The molecule has 24 heavy (non-hydrogen) atoms. The van der Waals surface area contributed by atoms with Gasteiger partial charge in [-0.2, -0.15) is 0 Å². The first-order valence-electron chi connectivity index (χ1n) is 7.38. The first kappa shape index (κ1) is 18.3. The van der Waals surface area contributed by atoms with E-state index in [-0.39, 0.29) is 5.97 Å². The van der Waals surface area contributed by atoms with Crippen molar-refractivity contribution in [1.82, 2.24) is 4.98 Å². The highest BCUT2D eigenvalue weighted by atomic mass is 127. The van der Waals surface area contributed by atoms with Gasteiger partial charge < -0.3 is 14.2 Å². The van der Waals surface area contributed by atoms with Crippen molar-refractivity contribution < 1.29 is 19.0 Å². The highest BCUT2D eigenvalue weighted by Crippen LogP contribution is 2.34. The number of hydrogen-bond acceptors (Lipinski definition) is 5. The smallest absolute Gasteiger partial charge is 0.330 e. The predicted octanol–water partition coefficient (Wildman–Crippen LogP) is 3.85. The van der Waals surface area contributed by atoms with E-state index in [9.17, 15) is 4.79 Å². The van der Waals surface area contributed by atoms with E-state index in [1.165, 1.54) is 6.08 Å². The maximum Gasteiger partial charge on any atom is 0.330 e. The molecule has 0 aliphatic rings. The van der Waals surface area contributed by atoms with Crippen molar-refractivity contribution >= 4 is 34.6 Å². The predicted molar refractivity (Wildman–Crippen MR) is 99.9 cm³/mol. The second-order valence-electron chi connectivity index (χ2n) is 4.77. The molecule has 0 amide bonds. The minimum absolute atomic E-state index is 0.352. The van der Waals surface area contributed by atoms with Crippen LogP contribution in [0.15, 0.2) is 42.7 Å². The quantitative estimate of drug-likeness (QED) is 0.373. The molecular formula is C18H18INO4. The Morgan fingerprint density at radius 1 is 1.38 bits per heavy atom. The third kappa shape index (κ3) is 5.23. The third-order valence-corrected chi connectivity index (χ3v) is 3.86. The molecule has 1 aromatic heterocycles. The Hall–Kier alpha value is -2.09. The average Bonchev–Trinajstić information content (AvgIpc) is 2.59. The monoisotopic (exact) mass is 439 g/mol. The molecule has 5 nitrogen and oxygen atoms in total. The first-order chi connectivity index (χ1) is 11.6. The normalized spacial score (nSPS) is 10.6. The van der Waals surface area contributed by atoms with E-state index in [2.05, 4.69) is 27.6 Å². The first-order valence-corrected chi connectivity index (χ1v) is 8.46. The molecule has 0 radical (unpaired) electrons. The second kappa shape index (κ2) is 9.27. The maximum atomic E-state index is 11.4. The fraction of sp³-hybridized carbons (Fsp3) is 0.222. The number of carbonyl (C=O) groups excluding carboxylic acids is 1. The molecule has 0 fully saturated rings. The minimum Gasteiger partial charge on any atom is -0.493 e. The molecule has 1 heterocycles. The zero-order valence-corrected chi connectivity index (χ0v) is 15.6. The van der Waals surface area contributed by atoms with Crippen molar-refractivity contribution in [2.75, 3.05) is 13.7 Å². The summed E-state index contributed by atoms with van der Waals surface area (Å²) < 4.78 is 17.1. The lowest BCUT2D eigenvalue weighted by atomic mass is 10.2. The molecule has 1 aromatic carbocycles. The van der Waals surface area contributed by atoms with Gasteiger partial charge in [-0.05, 0) is 59.4 Å². The molecule has 0 aliphatic carbocycles. The Labute approximate surface area is 154 Å². The van der Waals surface area contributed by atoms with E-state index in [1.54, 1.807) is 32.5 Å². The van der Waals surface area contributed by atoms with Crippen LogP contribution in [0.2, 0.25) is 0 Å². The molecule has 6 heteroatoms. The third-order valence-electron chi connectivity index (χ3n) is 3.06. The van der Waals surface area contributed by atoms with Crippen LogP contribution in [0.25, 0.3) is 6.08 Å². The van der Waals surface area contributed by atoms with E-state index >= 15 is 0 Å². The molecule has 0 aliphatic heterocycles. The van der Waals surface area contributed by atoms with Crippen LogP contribution in [-0.4, -0.2) is 24.7 Å². The molecular weight excluding hydrogens is 421 g/mol. The van der Waals surface area contributed by atoms with Gasteiger partial charge in [0.05, 0.1) is 17.3 Å². The highest BCUT2D eigenvalue weighted by Gasteiger charge is 2.11. The Morgan fingerprint density at radius 3 is 2.88 bits per heavy atom. The molecule has 0 bridgehead atoms. The highest BCUT2D eigenvalue weighted by molar-refractivity contribution is 14.1. The van der Waals surface area contributed by atoms with Crippen molar-refractivity contribution in [2.24, 2.45) is 0 Å². The minimum atomic E-state index is -0.372. The summed E-state index contributed by atoms with van der Waals surface area (Å²) in [6.07, 6.45) is 6.56. The fourth-order valence-corrected chi connectivity index (χ4v) is 2.75. The van der Waals surface area contributed by atoms with E-state index in [0.717, 1.165) is 14.7 Å². The number of ether oxygens (including phenoxy) is 3. The van der Waals surface area contributed by atoms with Gasteiger partial charge in [-0.15, -0.1) is 0 Å². The van der Waals surface area contributed by atoms with E-state index < -0.39 is 0 Å². The summed E-state index contributed by atoms with van der Waals surface area (Å²) in [4.78, 5) is 15.5. The lowest BCUT2D eigenvalue weighted by Crippen LogP contribution is -2.01. The molecule has 0 N–H and O–H groups in total. The summed E-state index contributed by atoms with van der Waals surface area (Å²) in [5, 5.41) is 0. The van der Waals surface area contributed by atoms with Gasteiger partial charge in [-0.3, -0.25) is 4.98 Å². The van der Waals surface area contributed by atoms with E-state index in [0.29, 0.717) is 24.7 Å². The number of methoxy groups -OCH3 is 1. The van der Waals surface area contributed by atoms with Crippen LogP contribution in [0, 0.1) is 3.57 Å². The van der Waals surface area contributed by atoms with Crippen molar-refractivity contribution in [3.05, 3.63) is 57.4 Å². The Bertz CT molecular complexity index is 716. The number of carbonyl (C=O) groups is 1. The van der Waals surface area contributed by atoms with E-state index in [4.69, 9.17) is 14.2 Å². The van der Waals surface area contributed by atoms with Crippen LogP contribution in [0.4, 0.5) is 0 Å². The van der Waals surface area contributed by atoms with Gasteiger partial charge in [-0.1, -0.05) is 6.07 Å². The standard InChI is InChI=1S/C18H18INO4/c1-3-23-17(21)7-6-13-9-15(19)18(16(10-13)22-2)24-12-14-5-4-8-20-11-14/h4-11H,3,12H2,1-2H3/b7-6+. The molecule has 2 aromatic rings. The number of hydrogen-bond donors (Lipinski definition) is 0. The van der Waals surface area contributed by atoms with Crippen LogP contribution in [-0.2, 0) is 16.1 Å². The van der Waals surface area contributed by atoms with Crippen molar-refractivity contribution in [3.8, 4) is 11.5 Å². The number of benzene rings is 1. The number of nitrogens with zero attached hydrogens (tertiary/aromatic N) is 1. The molecule has 0 spiro atoms. The van der Waals surface area contributed by atoms with Crippen molar-refractivity contribution in [2.45, 2.75) is 13.5 Å². The maximum absolute atomic E-state index is 11.4. The van der Waals surface area contributed by atoms with Crippen LogP contribution in [0.3, 0.4) is 0 Å². The van der Waals surface area contributed by atoms with Gasteiger partial charge >= 0.3 is 5.97 Å². The Morgan fingerprint density at radius 2 is 2.21 bits per heavy atom. The summed E-state index contributed by atoms with van der Waals surface area (Å²) in [7, 11) is 1.58. The molecule has 0 unspecified atom stereocenters. The summed E-state index contributed by atoms with van der Waals surface area (Å²) in [5.41, 5.74) is 1.81. The SMILES string of the molecule is CCOC(=O)/C=C/c1cc(I)c(OCc2cccnc2)c(OC)c1. The molecule has 126 valence electrons. The van der Waals surface area contributed by atoms with E-state index in [1.807, 2.05) is 24.3 Å². The van der Waals surface area contributed by atoms with Crippen molar-refractivity contribution in [1.29, 1.82) is 0 Å². The van der Waals surface area contributed by atoms with Gasteiger partial charge in [0.15, 0.2) is 11.5 Å². The summed E-state index contributed by atoms with van der Waals surface area (Å²) in [5.74, 6) is 0.896. The summed E-state index contributed by atoms with van der Waals surface area (Å²) in [6.45, 7) is 2.52. The number of pyridine rings is 1. The van der Waals surface area contributed by atoms with Gasteiger partial charge in [-0.25, -0.2) is 4.79 Å². The largest absolute Gasteiger partial charge is 0.493 e. The lowest BCUT2D eigenvalue weighted by molar-refractivity contribution is -0.137. The van der Waals surface area contributed by atoms with Crippen LogP contribution < -0.4 is 9.47 Å². The zero-order chi connectivity index (χ0) is 17.4. The average molecular weight is 439 g/mol. The van der Waals surface area contributed by atoms with Gasteiger partial charge in [0.1, 0.15) is 6.61 Å². The fourth-order valence-electron chi connectivity index (χ4n) is 1.97. The topological polar surface area (TPSA) is 57.7 Å². The number of halogens is 1. The van der Waals surface area contributed by atoms with Crippen molar-refractivity contribution in [3.63, 3.8) is 0 Å². The number of rotatable bonds is 7.